The summed E-state index contributed by atoms with van der Waals surface area (Å²) in [6, 6.07) is 5.63. The lowest BCUT2D eigenvalue weighted by Gasteiger charge is -2.51. The average Bonchev–Trinajstić information content (AvgIpc) is 3.08. The van der Waals surface area contributed by atoms with Gasteiger partial charge in [-0.1, -0.05) is 17.7 Å². The molecule has 0 unspecified atom stereocenters. The van der Waals surface area contributed by atoms with Crippen molar-refractivity contribution in [2.75, 3.05) is 25.5 Å². The van der Waals surface area contributed by atoms with Crippen molar-refractivity contribution in [3.05, 3.63) is 28.8 Å². The first kappa shape index (κ1) is 15.8. The predicted octanol–water partition coefficient (Wildman–Crippen LogP) is 2.07. The Hall–Kier alpha value is -1.66. The van der Waals surface area contributed by atoms with Gasteiger partial charge in [0, 0.05) is 37.8 Å². The molecule has 1 aromatic rings. The molecule has 2 amide bonds. The van der Waals surface area contributed by atoms with Crippen molar-refractivity contribution >= 4 is 46.4 Å². The Morgan fingerprint density at radius 2 is 1.88 bits per heavy atom. The number of carbonyl (C=O) groups excluding carboxylic acids is 2. The highest BCUT2D eigenvalue weighted by atomic mass is 35.5. The second-order valence-corrected chi connectivity index (χ2v) is 7.52. The third-order valence-corrected chi connectivity index (χ3v) is 6.53. The summed E-state index contributed by atoms with van der Waals surface area (Å²) in [4.78, 5) is 31.6. The molecule has 0 bridgehead atoms. The van der Waals surface area contributed by atoms with E-state index in [1.54, 1.807) is 14.1 Å². The van der Waals surface area contributed by atoms with E-state index in [2.05, 4.69) is 4.90 Å². The third kappa shape index (κ3) is 1.78. The van der Waals surface area contributed by atoms with Crippen molar-refractivity contribution in [2.45, 2.75) is 25.3 Å². The molecule has 24 heavy (non-hydrogen) atoms. The largest absolute Gasteiger partial charge is 0.367 e. The van der Waals surface area contributed by atoms with Crippen molar-refractivity contribution < 1.29 is 9.59 Å². The van der Waals surface area contributed by atoms with E-state index < -0.39 is 5.41 Å². The molecule has 2 saturated heterocycles. The molecule has 2 fully saturated rings. The van der Waals surface area contributed by atoms with Crippen LogP contribution in [-0.4, -0.2) is 53.4 Å². The maximum atomic E-state index is 13.3. The molecule has 1 atom stereocenters. The third-order valence-electron chi connectivity index (χ3n) is 5.63. The maximum absolute atomic E-state index is 13.3. The van der Waals surface area contributed by atoms with Crippen LogP contribution in [0.15, 0.2) is 18.2 Å². The van der Waals surface area contributed by atoms with Crippen molar-refractivity contribution in [3.8, 4) is 0 Å². The molecular formula is C17H18ClN3O2S. The van der Waals surface area contributed by atoms with Crippen LogP contribution in [0.4, 0.5) is 5.69 Å². The van der Waals surface area contributed by atoms with Crippen LogP contribution in [0.25, 0.3) is 0 Å². The van der Waals surface area contributed by atoms with Gasteiger partial charge in [-0.25, -0.2) is 0 Å². The SMILES string of the molecule is CN1C(=O)C2(Cc3c(Cl)cccc3N3CCC[C@H]32)C(=O)N(C)C1=S. The van der Waals surface area contributed by atoms with Gasteiger partial charge in [-0.2, -0.15) is 0 Å². The summed E-state index contributed by atoms with van der Waals surface area (Å²) in [6.45, 7) is 0.832. The van der Waals surface area contributed by atoms with Crippen LogP contribution in [0.1, 0.15) is 18.4 Å². The summed E-state index contributed by atoms with van der Waals surface area (Å²) < 4.78 is 0. The number of benzene rings is 1. The molecule has 0 saturated carbocycles. The molecule has 0 radical (unpaired) electrons. The van der Waals surface area contributed by atoms with Crippen molar-refractivity contribution in [1.29, 1.82) is 0 Å². The van der Waals surface area contributed by atoms with Gasteiger partial charge in [0.15, 0.2) is 10.5 Å². The van der Waals surface area contributed by atoms with E-state index in [-0.39, 0.29) is 23.0 Å². The summed E-state index contributed by atoms with van der Waals surface area (Å²) >= 11 is 11.7. The van der Waals surface area contributed by atoms with Gasteiger partial charge in [-0.05, 0) is 42.8 Å². The highest BCUT2D eigenvalue weighted by Gasteiger charge is 2.63. The van der Waals surface area contributed by atoms with E-state index in [4.69, 9.17) is 23.8 Å². The Balaban J connectivity index is 1.94. The standard InChI is InChI=1S/C17H18ClN3O2S/c1-19-14(22)17(15(23)20(2)16(19)24)9-10-11(18)5-3-6-12(10)21-8-4-7-13(17)21/h3,5-6,13H,4,7-9H2,1-2H3/t13-/m0/s1. The van der Waals surface area contributed by atoms with Gasteiger partial charge in [0.2, 0.25) is 11.8 Å². The first-order chi connectivity index (χ1) is 11.4. The lowest BCUT2D eigenvalue weighted by atomic mass is 9.68. The second-order valence-electron chi connectivity index (χ2n) is 6.75. The van der Waals surface area contributed by atoms with Gasteiger partial charge >= 0.3 is 0 Å². The zero-order chi connectivity index (χ0) is 17.2. The Morgan fingerprint density at radius 3 is 2.54 bits per heavy atom. The highest BCUT2D eigenvalue weighted by molar-refractivity contribution is 7.80. The summed E-state index contributed by atoms with van der Waals surface area (Å²) in [6.07, 6.45) is 2.10. The zero-order valence-corrected chi connectivity index (χ0v) is 15.2. The van der Waals surface area contributed by atoms with Crippen LogP contribution in [0.5, 0.6) is 0 Å². The molecule has 1 aromatic carbocycles. The fourth-order valence-electron chi connectivity index (χ4n) is 4.48. The lowest BCUT2D eigenvalue weighted by Crippen LogP contribution is -2.70. The van der Waals surface area contributed by atoms with E-state index in [1.165, 1.54) is 9.80 Å². The van der Waals surface area contributed by atoms with Gasteiger partial charge in [0.25, 0.3) is 0 Å². The number of nitrogens with zero attached hydrogens (tertiary/aromatic N) is 3. The number of thiocarbonyl (C=S) groups is 1. The molecule has 0 aliphatic carbocycles. The van der Waals surface area contributed by atoms with Crippen LogP contribution >= 0.6 is 23.8 Å². The van der Waals surface area contributed by atoms with Gasteiger partial charge < -0.3 is 4.90 Å². The highest BCUT2D eigenvalue weighted by Crippen LogP contribution is 2.50. The first-order valence-corrected chi connectivity index (χ1v) is 8.82. The molecule has 4 rings (SSSR count). The predicted molar refractivity (Wildman–Crippen MR) is 96.1 cm³/mol. The number of hydrogen-bond acceptors (Lipinski definition) is 4. The molecule has 5 nitrogen and oxygen atoms in total. The number of hydrogen-bond donors (Lipinski definition) is 0. The summed E-state index contributed by atoms with van der Waals surface area (Å²) in [5.74, 6) is -0.420. The Kier molecular flexibility index (Phi) is 3.41. The van der Waals surface area contributed by atoms with Gasteiger partial charge in [-0.3, -0.25) is 19.4 Å². The fraction of sp³-hybridized carbons (Fsp3) is 0.471. The number of rotatable bonds is 0. The normalized spacial score (nSPS) is 25.4. The second kappa shape index (κ2) is 5.17. The van der Waals surface area contributed by atoms with Crippen molar-refractivity contribution in [3.63, 3.8) is 0 Å². The maximum Gasteiger partial charge on any atom is 0.246 e. The van der Waals surface area contributed by atoms with E-state index in [9.17, 15) is 9.59 Å². The van der Waals surface area contributed by atoms with Crippen LogP contribution in [0.3, 0.4) is 0 Å². The van der Waals surface area contributed by atoms with Crippen LogP contribution in [0, 0.1) is 5.41 Å². The van der Waals surface area contributed by atoms with Gasteiger partial charge in [0.05, 0.1) is 6.04 Å². The van der Waals surface area contributed by atoms with Crippen LogP contribution < -0.4 is 4.90 Å². The molecule has 7 heteroatoms. The molecule has 3 aliphatic rings. The van der Waals surface area contributed by atoms with E-state index in [1.807, 2.05) is 18.2 Å². The molecule has 126 valence electrons. The fourth-order valence-corrected chi connectivity index (χ4v) is 4.88. The monoisotopic (exact) mass is 363 g/mol. The number of halogens is 1. The van der Waals surface area contributed by atoms with Crippen LogP contribution in [0.2, 0.25) is 5.02 Å². The van der Waals surface area contributed by atoms with Crippen molar-refractivity contribution in [1.82, 2.24) is 9.80 Å². The molecule has 3 heterocycles. The minimum Gasteiger partial charge on any atom is -0.367 e. The minimum atomic E-state index is -1.14. The quantitative estimate of drug-likeness (QED) is 0.523. The molecular weight excluding hydrogens is 346 g/mol. The van der Waals surface area contributed by atoms with Gasteiger partial charge in [0.1, 0.15) is 0 Å². The molecule has 0 N–H and O–H groups in total. The summed E-state index contributed by atoms with van der Waals surface area (Å²) in [5.41, 5.74) is 0.795. The number of amides is 2. The molecule has 0 aromatic heterocycles. The first-order valence-electron chi connectivity index (χ1n) is 8.04. The van der Waals surface area contributed by atoms with Crippen molar-refractivity contribution in [2.24, 2.45) is 5.41 Å². The van der Waals surface area contributed by atoms with Crippen LogP contribution in [-0.2, 0) is 16.0 Å². The summed E-state index contributed by atoms with van der Waals surface area (Å²) in [7, 11) is 3.30. The smallest absolute Gasteiger partial charge is 0.246 e. The molecule has 1 spiro atoms. The lowest BCUT2D eigenvalue weighted by molar-refractivity contribution is -0.156. The average molecular weight is 364 g/mol. The number of fused-ring (bicyclic) bond motifs is 4. The number of carbonyl (C=O) groups is 2. The summed E-state index contributed by atoms with van der Waals surface area (Å²) in [5, 5.41) is 0.862. The van der Waals surface area contributed by atoms with E-state index in [0.29, 0.717) is 11.4 Å². The Bertz CT molecular complexity index is 757. The minimum absolute atomic E-state index is 0.142. The Morgan fingerprint density at radius 1 is 1.21 bits per heavy atom. The number of anilines is 1. The van der Waals surface area contributed by atoms with E-state index >= 15 is 0 Å². The zero-order valence-electron chi connectivity index (χ0n) is 13.6. The molecule has 3 aliphatic heterocycles. The topological polar surface area (TPSA) is 43.9 Å². The van der Waals surface area contributed by atoms with E-state index in [0.717, 1.165) is 30.6 Å². The van der Waals surface area contributed by atoms with Gasteiger partial charge in [-0.15, -0.1) is 0 Å². The Labute approximate surface area is 151 Å².